The molecule has 0 fully saturated rings. The molecule has 29 heavy (non-hydrogen) atoms. The summed E-state index contributed by atoms with van der Waals surface area (Å²) in [6, 6.07) is 13.8. The van der Waals surface area contributed by atoms with Crippen molar-refractivity contribution in [3.05, 3.63) is 65.2 Å². The number of benzene rings is 2. The van der Waals surface area contributed by atoms with Crippen LogP contribution in [0.25, 0.3) is 0 Å². The first kappa shape index (κ1) is 23.1. The van der Waals surface area contributed by atoms with Gasteiger partial charge in [-0.3, -0.25) is 4.79 Å². The van der Waals surface area contributed by atoms with Crippen LogP contribution in [0.5, 0.6) is 0 Å². The minimum Gasteiger partial charge on any atom is -0.374 e. The van der Waals surface area contributed by atoms with E-state index in [0.717, 1.165) is 11.1 Å². The topological polar surface area (TPSA) is 84.5 Å². The number of hydrogen-bond acceptors (Lipinski definition) is 4. The molecule has 1 amide bonds. The lowest BCUT2D eigenvalue weighted by atomic mass is 10.1. The van der Waals surface area contributed by atoms with Crippen LogP contribution in [0, 0.1) is 0 Å². The Morgan fingerprint density at radius 1 is 0.966 bits per heavy atom. The van der Waals surface area contributed by atoms with Gasteiger partial charge in [0.25, 0.3) is 5.91 Å². The average molecular weight is 419 g/mol. The molecule has 0 aliphatic carbocycles. The molecule has 0 unspecified atom stereocenters. The second kappa shape index (κ2) is 9.52. The molecule has 7 heteroatoms. The molecule has 2 N–H and O–H groups in total. The SMILES string of the molecule is CC(C)OCc1ccc(CNC(=O)c2ccc(S(=O)(=O)NC(C)(C)C)cc2)cc1. The molecule has 0 bridgehead atoms. The third-order valence-corrected chi connectivity index (χ3v) is 5.70. The van der Waals surface area contributed by atoms with E-state index in [1.54, 1.807) is 20.8 Å². The fourth-order valence-electron chi connectivity index (χ4n) is 2.55. The zero-order valence-electron chi connectivity index (χ0n) is 17.7. The normalized spacial score (nSPS) is 12.2. The molecule has 2 rings (SSSR count). The summed E-state index contributed by atoms with van der Waals surface area (Å²) < 4.78 is 32.8. The molecule has 0 saturated heterocycles. The highest BCUT2D eigenvalue weighted by molar-refractivity contribution is 7.89. The third kappa shape index (κ3) is 7.61. The van der Waals surface area contributed by atoms with Crippen molar-refractivity contribution in [2.24, 2.45) is 0 Å². The minimum atomic E-state index is -3.62. The predicted molar refractivity (Wildman–Crippen MR) is 114 cm³/mol. The van der Waals surface area contributed by atoms with E-state index in [4.69, 9.17) is 4.74 Å². The standard InChI is InChI=1S/C22H30N2O4S/c1-16(2)28-15-18-8-6-17(7-9-18)14-23-21(25)19-10-12-20(13-11-19)29(26,27)24-22(3,4)5/h6-13,16,24H,14-15H2,1-5H3,(H,23,25). The second-order valence-corrected chi connectivity index (χ2v) is 9.92. The molecule has 6 nitrogen and oxygen atoms in total. The quantitative estimate of drug-likeness (QED) is 0.686. The maximum atomic E-state index is 12.4. The Bertz CT molecular complexity index is 913. The molecule has 158 valence electrons. The van der Waals surface area contributed by atoms with Crippen LogP contribution in [0.15, 0.2) is 53.4 Å². The van der Waals surface area contributed by atoms with Crippen LogP contribution in [-0.2, 0) is 27.9 Å². The Morgan fingerprint density at radius 3 is 2.03 bits per heavy atom. The van der Waals surface area contributed by atoms with Gasteiger partial charge in [0.1, 0.15) is 0 Å². The van der Waals surface area contributed by atoms with Crippen LogP contribution in [0.2, 0.25) is 0 Å². The van der Waals surface area contributed by atoms with Gasteiger partial charge in [0, 0.05) is 17.6 Å². The molecular formula is C22H30N2O4S. The van der Waals surface area contributed by atoms with Crippen molar-refractivity contribution in [1.82, 2.24) is 10.0 Å². The Kier molecular flexibility index (Phi) is 7.57. The van der Waals surface area contributed by atoms with Gasteiger partial charge in [-0.15, -0.1) is 0 Å². The lowest BCUT2D eigenvalue weighted by molar-refractivity contribution is 0.0657. The van der Waals surface area contributed by atoms with Gasteiger partial charge in [-0.2, -0.15) is 0 Å². The van der Waals surface area contributed by atoms with E-state index in [0.29, 0.717) is 18.7 Å². The molecule has 0 aromatic heterocycles. The fraction of sp³-hybridized carbons (Fsp3) is 0.409. The van der Waals surface area contributed by atoms with Crippen molar-refractivity contribution in [1.29, 1.82) is 0 Å². The summed E-state index contributed by atoms with van der Waals surface area (Å²) in [5, 5.41) is 2.85. The van der Waals surface area contributed by atoms with Crippen LogP contribution in [-0.4, -0.2) is 26.0 Å². The largest absolute Gasteiger partial charge is 0.374 e. The molecule has 2 aromatic carbocycles. The van der Waals surface area contributed by atoms with E-state index in [-0.39, 0.29) is 16.9 Å². The third-order valence-electron chi connectivity index (χ3n) is 3.93. The maximum Gasteiger partial charge on any atom is 0.251 e. The van der Waals surface area contributed by atoms with Gasteiger partial charge in [-0.05, 0) is 70.0 Å². The highest BCUT2D eigenvalue weighted by Crippen LogP contribution is 2.14. The van der Waals surface area contributed by atoms with Gasteiger partial charge in [0.2, 0.25) is 10.0 Å². The number of carbonyl (C=O) groups excluding carboxylic acids is 1. The molecule has 0 spiro atoms. The lowest BCUT2D eigenvalue weighted by Crippen LogP contribution is -2.40. The molecule has 0 saturated carbocycles. The highest BCUT2D eigenvalue weighted by atomic mass is 32.2. The smallest absolute Gasteiger partial charge is 0.251 e. The van der Waals surface area contributed by atoms with Crippen molar-refractivity contribution in [3.8, 4) is 0 Å². The highest BCUT2D eigenvalue weighted by Gasteiger charge is 2.22. The van der Waals surface area contributed by atoms with Crippen molar-refractivity contribution < 1.29 is 17.9 Å². The van der Waals surface area contributed by atoms with E-state index in [1.807, 2.05) is 38.1 Å². The molecule has 2 aromatic rings. The molecule has 0 atom stereocenters. The van der Waals surface area contributed by atoms with E-state index >= 15 is 0 Å². The number of sulfonamides is 1. The number of hydrogen-bond donors (Lipinski definition) is 2. The van der Waals surface area contributed by atoms with Crippen molar-refractivity contribution in [2.75, 3.05) is 0 Å². The van der Waals surface area contributed by atoms with E-state index in [1.165, 1.54) is 24.3 Å². The first-order chi connectivity index (χ1) is 13.5. The van der Waals surface area contributed by atoms with E-state index in [2.05, 4.69) is 10.0 Å². The molecule has 0 radical (unpaired) electrons. The van der Waals surface area contributed by atoms with Gasteiger partial charge in [0.15, 0.2) is 0 Å². The zero-order chi connectivity index (χ0) is 21.7. The average Bonchev–Trinajstić information content (AvgIpc) is 2.63. The monoisotopic (exact) mass is 418 g/mol. The van der Waals surface area contributed by atoms with E-state index in [9.17, 15) is 13.2 Å². The van der Waals surface area contributed by atoms with Crippen molar-refractivity contribution in [3.63, 3.8) is 0 Å². The first-order valence-electron chi connectivity index (χ1n) is 9.58. The van der Waals surface area contributed by atoms with Crippen molar-refractivity contribution >= 4 is 15.9 Å². The summed E-state index contributed by atoms with van der Waals surface area (Å²) in [5.74, 6) is -0.259. The van der Waals surface area contributed by atoms with Gasteiger partial charge >= 0.3 is 0 Å². The predicted octanol–water partition coefficient (Wildman–Crippen LogP) is 3.62. The van der Waals surface area contributed by atoms with Crippen LogP contribution < -0.4 is 10.0 Å². The van der Waals surface area contributed by atoms with E-state index < -0.39 is 15.6 Å². The van der Waals surface area contributed by atoms with Gasteiger partial charge in [-0.1, -0.05) is 24.3 Å². The van der Waals surface area contributed by atoms with Gasteiger partial charge in [-0.25, -0.2) is 13.1 Å². The van der Waals surface area contributed by atoms with Crippen LogP contribution in [0.4, 0.5) is 0 Å². The lowest BCUT2D eigenvalue weighted by Gasteiger charge is -2.20. The Hall–Kier alpha value is -2.22. The number of amides is 1. The Balaban J connectivity index is 1.94. The van der Waals surface area contributed by atoms with Crippen LogP contribution in [0.3, 0.4) is 0 Å². The van der Waals surface area contributed by atoms with Crippen LogP contribution in [0.1, 0.15) is 56.1 Å². The molecule has 0 heterocycles. The molecular weight excluding hydrogens is 388 g/mol. The summed E-state index contributed by atoms with van der Waals surface area (Å²) in [6.45, 7) is 10.3. The van der Waals surface area contributed by atoms with Crippen molar-refractivity contribution in [2.45, 2.75) is 64.3 Å². The number of nitrogens with one attached hydrogen (secondary N) is 2. The Morgan fingerprint density at radius 2 is 1.52 bits per heavy atom. The molecule has 0 aliphatic rings. The van der Waals surface area contributed by atoms with Gasteiger partial charge in [0.05, 0.1) is 17.6 Å². The minimum absolute atomic E-state index is 0.128. The number of carbonyl (C=O) groups is 1. The number of ether oxygens (including phenoxy) is 1. The first-order valence-corrected chi connectivity index (χ1v) is 11.1. The summed E-state index contributed by atoms with van der Waals surface area (Å²) >= 11 is 0. The molecule has 0 aliphatic heterocycles. The zero-order valence-corrected chi connectivity index (χ0v) is 18.5. The summed E-state index contributed by atoms with van der Waals surface area (Å²) in [6.07, 6.45) is 0.180. The maximum absolute atomic E-state index is 12.4. The second-order valence-electron chi connectivity index (χ2n) is 8.24. The summed E-state index contributed by atoms with van der Waals surface area (Å²) in [7, 11) is -3.62. The van der Waals surface area contributed by atoms with Crippen LogP contribution >= 0.6 is 0 Å². The van der Waals surface area contributed by atoms with Gasteiger partial charge < -0.3 is 10.1 Å². The fourth-order valence-corrected chi connectivity index (χ4v) is 3.97. The summed E-state index contributed by atoms with van der Waals surface area (Å²) in [4.78, 5) is 12.5. The Labute approximate surface area is 173 Å². The summed E-state index contributed by atoms with van der Waals surface area (Å²) in [5.41, 5.74) is 1.88. The number of rotatable bonds is 8.